The predicted octanol–water partition coefficient (Wildman–Crippen LogP) is -1.64. The summed E-state index contributed by atoms with van der Waals surface area (Å²) < 4.78 is 40.8. The van der Waals surface area contributed by atoms with Gasteiger partial charge in [-0.3, -0.25) is 14.1 Å². The molecule has 2 heterocycles. The minimum Gasteiger partial charge on any atom is -0.438 e. The highest BCUT2D eigenvalue weighted by Gasteiger charge is 2.55. The number of hydrogen-bond acceptors (Lipinski definition) is 12. The molecule has 2 rings (SSSR count). The SMILES string of the molecule is CO/N=C(\C(=O)NC1C(=O)N(S(=O)(=O)O)C1COC(=O)OC)c1csc(N)n1. The van der Waals surface area contributed by atoms with Crippen molar-refractivity contribution in [1.29, 1.82) is 0 Å². The molecule has 1 aliphatic rings. The van der Waals surface area contributed by atoms with Crippen LogP contribution in [0.1, 0.15) is 5.69 Å². The molecular weight excluding hydrogens is 422 g/mol. The number of nitrogens with zero attached hydrogens (tertiary/aromatic N) is 3. The molecule has 2 unspecified atom stereocenters. The van der Waals surface area contributed by atoms with E-state index in [4.69, 9.17) is 10.3 Å². The summed E-state index contributed by atoms with van der Waals surface area (Å²) in [6.45, 7) is -0.677. The maximum atomic E-state index is 12.5. The molecular formula is C12H15N5O9S2. The maximum absolute atomic E-state index is 12.5. The zero-order valence-corrected chi connectivity index (χ0v) is 16.0. The number of nitrogens with two attached hydrogens (primary N) is 1. The Morgan fingerprint density at radius 3 is 2.64 bits per heavy atom. The summed E-state index contributed by atoms with van der Waals surface area (Å²) in [5, 5.41) is 7.31. The highest BCUT2D eigenvalue weighted by Crippen LogP contribution is 2.24. The highest BCUT2D eigenvalue weighted by atomic mass is 32.2. The summed E-state index contributed by atoms with van der Waals surface area (Å²) in [6, 6.07) is -2.85. The lowest BCUT2D eigenvalue weighted by Crippen LogP contribution is -2.73. The molecule has 2 atom stereocenters. The molecule has 0 saturated carbocycles. The van der Waals surface area contributed by atoms with Crippen LogP contribution < -0.4 is 11.1 Å². The normalized spacial score (nSPS) is 19.6. The van der Waals surface area contributed by atoms with Crippen LogP contribution in [-0.2, 0) is 34.2 Å². The van der Waals surface area contributed by atoms with E-state index in [-0.39, 0.29) is 20.8 Å². The smallest absolute Gasteiger partial charge is 0.438 e. The number of carbonyl (C=O) groups is 3. The number of rotatable bonds is 7. The molecule has 154 valence electrons. The van der Waals surface area contributed by atoms with Crippen LogP contribution in [0, 0.1) is 0 Å². The molecule has 0 spiro atoms. The lowest BCUT2D eigenvalue weighted by molar-refractivity contribution is -0.147. The van der Waals surface area contributed by atoms with Crippen molar-refractivity contribution in [3.8, 4) is 0 Å². The third-order valence-electron chi connectivity index (χ3n) is 3.41. The van der Waals surface area contributed by atoms with Gasteiger partial charge in [0.1, 0.15) is 31.5 Å². The van der Waals surface area contributed by atoms with Gasteiger partial charge in [0.15, 0.2) is 10.8 Å². The van der Waals surface area contributed by atoms with Crippen LogP contribution in [0.2, 0.25) is 0 Å². The molecule has 1 aromatic heterocycles. The zero-order chi connectivity index (χ0) is 21.1. The molecule has 4 N–H and O–H groups in total. The van der Waals surface area contributed by atoms with Crippen molar-refractivity contribution in [2.24, 2.45) is 5.16 Å². The molecule has 0 bridgehead atoms. The number of ether oxygens (including phenoxy) is 2. The monoisotopic (exact) mass is 437 g/mol. The second-order valence-electron chi connectivity index (χ2n) is 5.09. The Labute approximate surface area is 162 Å². The Morgan fingerprint density at radius 2 is 2.14 bits per heavy atom. The lowest BCUT2D eigenvalue weighted by Gasteiger charge is -2.43. The number of hydrogen-bond donors (Lipinski definition) is 3. The van der Waals surface area contributed by atoms with Crippen molar-refractivity contribution in [3.63, 3.8) is 0 Å². The first-order valence-corrected chi connectivity index (χ1v) is 9.52. The Balaban J connectivity index is 2.21. The van der Waals surface area contributed by atoms with Crippen LogP contribution in [-0.4, -0.2) is 78.9 Å². The molecule has 0 aliphatic carbocycles. The molecule has 28 heavy (non-hydrogen) atoms. The van der Waals surface area contributed by atoms with Crippen molar-refractivity contribution < 1.29 is 41.7 Å². The van der Waals surface area contributed by atoms with E-state index >= 15 is 0 Å². The number of methoxy groups -OCH3 is 1. The van der Waals surface area contributed by atoms with E-state index in [9.17, 15) is 22.8 Å². The summed E-state index contributed by atoms with van der Waals surface area (Å²) in [4.78, 5) is 44.1. The van der Waals surface area contributed by atoms with Gasteiger partial charge in [0.05, 0.1) is 7.11 Å². The summed E-state index contributed by atoms with van der Waals surface area (Å²) in [7, 11) is -2.76. The van der Waals surface area contributed by atoms with Crippen LogP contribution in [0.25, 0.3) is 0 Å². The first-order chi connectivity index (χ1) is 13.1. The van der Waals surface area contributed by atoms with E-state index in [1.54, 1.807) is 0 Å². The van der Waals surface area contributed by atoms with Gasteiger partial charge in [0, 0.05) is 5.38 Å². The van der Waals surface area contributed by atoms with E-state index in [1.807, 2.05) is 0 Å². The van der Waals surface area contributed by atoms with Crippen LogP contribution in [0.15, 0.2) is 10.5 Å². The van der Waals surface area contributed by atoms with Crippen molar-refractivity contribution in [2.75, 3.05) is 26.6 Å². The minimum absolute atomic E-state index is 0.0580. The summed E-state index contributed by atoms with van der Waals surface area (Å²) >= 11 is 1.02. The first kappa shape index (κ1) is 21.3. The Morgan fingerprint density at radius 1 is 1.46 bits per heavy atom. The second kappa shape index (κ2) is 8.36. The van der Waals surface area contributed by atoms with E-state index in [0.717, 1.165) is 18.4 Å². The van der Waals surface area contributed by atoms with Crippen molar-refractivity contribution >= 4 is 50.5 Å². The Kier molecular flexibility index (Phi) is 6.37. The Hall–Kier alpha value is -2.98. The fourth-order valence-electron chi connectivity index (χ4n) is 2.24. The van der Waals surface area contributed by atoms with Crippen LogP contribution >= 0.6 is 11.3 Å². The molecule has 16 heteroatoms. The zero-order valence-electron chi connectivity index (χ0n) is 14.4. The number of nitrogen functional groups attached to an aromatic ring is 1. The highest BCUT2D eigenvalue weighted by molar-refractivity contribution is 7.84. The summed E-state index contributed by atoms with van der Waals surface area (Å²) in [5.41, 5.74) is 5.23. The maximum Gasteiger partial charge on any atom is 0.508 e. The number of aromatic nitrogens is 1. The molecule has 1 saturated heterocycles. The molecule has 2 amide bonds. The minimum atomic E-state index is -4.95. The van der Waals surface area contributed by atoms with E-state index in [1.165, 1.54) is 12.5 Å². The first-order valence-electron chi connectivity index (χ1n) is 7.25. The van der Waals surface area contributed by atoms with Crippen molar-refractivity contribution in [3.05, 3.63) is 11.1 Å². The molecule has 14 nitrogen and oxygen atoms in total. The molecule has 1 aromatic rings. The third kappa shape index (κ3) is 4.46. The summed E-state index contributed by atoms with van der Waals surface area (Å²) in [6.07, 6.45) is -1.15. The largest absolute Gasteiger partial charge is 0.508 e. The van der Waals surface area contributed by atoms with Gasteiger partial charge in [0.25, 0.3) is 11.8 Å². The fraction of sp³-hybridized carbons (Fsp3) is 0.417. The van der Waals surface area contributed by atoms with Gasteiger partial charge in [-0.2, -0.15) is 8.42 Å². The number of oxime groups is 1. The number of carbonyl (C=O) groups excluding carboxylic acids is 3. The second-order valence-corrected chi connectivity index (χ2v) is 7.27. The molecule has 0 aromatic carbocycles. The average molecular weight is 437 g/mol. The fourth-order valence-corrected chi connectivity index (χ4v) is 3.65. The molecule has 0 radical (unpaired) electrons. The van der Waals surface area contributed by atoms with E-state index < -0.39 is 47.0 Å². The number of nitrogens with one attached hydrogen (secondary N) is 1. The quantitative estimate of drug-likeness (QED) is 0.145. The topological polar surface area (TPSA) is 200 Å². The predicted molar refractivity (Wildman–Crippen MR) is 92.5 cm³/mol. The van der Waals surface area contributed by atoms with Crippen molar-refractivity contribution in [1.82, 2.24) is 14.6 Å². The van der Waals surface area contributed by atoms with Gasteiger partial charge in [-0.15, -0.1) is 11.3 Å². The number of amides is 2. The number of β-lactam (4-membered cyclic amide) rings is 1. The molecule has 1 aliphatic heterocycles. The van der Waals surface area contributed by atoms with Gasteiger partial charge >= 0.3 is 16.5 Å². The van der Waals surface area contributed by atoms with Crippen LogP contribution in [0.3, 0.4) is 0 Å². The van der Waals surface area contributed by atoms with Gasteiger partial charge in [-0.05, 0) is 0 Å². The third-order valence-corrected chi connectivity index (χ3v) is 5.03. The Bertz CT molecular complexity index is 912. The van der Waals surface area contributed by atoms with Crippen molar-refractivity contribution in [2.45, 2.75) is 12.1 Å². The van der Waals surface area contributed by atoms with Gasteiger partial charge in [-0.1, -0.05) is 5.16 Å². The van der Waals surface area contributed by atoms with Crippen LogP contribution in [0.5, 0.6) is 0 Å². The van der Waals surface area contributed by atoms with E-state index in [0.29, 0.717) is 0 Å². The number of anilines is 1. The van der Waals surface area contributed by atoms with Gasteiger partial charge in [0.2, 0.25) is 0 Å². The standard InChI is InChI=1S/C12H15N5O9S2/c1-24-12(20)26-3-6-8(10(19)17(6)28(21,22)23)15-9(18)7(16-25-2)5-4-27-11(13)14-5/h4,6,8H,3H2,1-2H3,(H2,13,14)(H,15,18)(H,21,22,23)/b16-7-. The van der Waals surface area contributed by atoms with Crippen LogP contribution in [0.4, 0.5) is 9.93 Å². The van der Waals surface area contributed by atoms with Gasteiger partial charge < -0.3 is 25.4 Å². The molecule has 1 fully saturated rings. The lowest BCUT2D eigenvalue weighted by atomic mass is 9.99. The summed E-state index contributed by atoms with van der Waals surface area (Å²) in [5.74, 6) is -2.09. The average Bonchev–Trinajstić information content (AvgIpc) is 3.04. The van der Waals surface area contributed by atoms with Gasteiger partial charge in [-0.25, -0.2) is 14.1 Å². The van der Waals surface area contributed by atoms with E-state index in [2.05, 4.69) is 29.8 Å². The number of thiazole rings is 1.